The fraction of sp³-hybridized carbons (Fsp3) is 0.150. The van der Waals surface area contributed by atoms with Crippen molar-refractivity contribution in [2.24, 2.45) is 0 Å². The van der Waals surface area contributed by atoms with Crippen LogP contribution < -0.4 is 5.32 Å². The minimum Gasteiger partial charge on any atom is -0.325 e. The second kappa shape index (κ2) is 8.18. The molecule has 4 rings (SSSR count). The Morgan fingerprint density at radius 2 is 1.96 bits per heavy atom. The molecule has 0 bridgehead atoms. The van der Waals surface area contributed by atoms with E-state index in [-0.39, 0.29) is 11.7 Å². The summed E-state index contributed by atoms with van der Waals surface area (Å²) < 4.78 is 1.67. The van der Waals surface area contributed by atoms with E-state index in [0.717, 1.165) is 17.7 Å². The number of aromatic nitrogens is 5. The van der Waals surface area contributed by atoms with Gasteiger partial charge in [0.05, 0.1) is 5.75 Å². The van der Waals surface area contributed by atoms with Crippen LogP contribution >= 0.6 is 11.8 Å². The lowest BCUT2D eigenvalue weighted by atomic mass is 10.1. The molecular weight excluding hydrogens is 372 g/mol. The van der Waals surface area contributed by atoms with Crippen molar-refractivity contribution in [3.63, 3.8) is 0 Å². The third-order valence-corrected chi connectivity index (χ3v) is 5.08. The number of pyridine rings is 1. The lowest BCUT2D eigenvalue weighted by Gasteiger charge is -2.06. The van der Waals surface area contributed by atoms with Gasteiger partial charge in [0.25, 0.3) is 0 Å². The number of fused-ring (bicyclic) bond motifs is 1. The number of rotatable bonds is 6. The van der Waals surface area contributed by atoms with Crippen LogP contribution in [0.5, 0.6) is 0 Å². The highest BCUT2D eigenvalue weighted by molar-refractivity contribution is 7.99. The fourth-order valence-electron chi connectivity index (χ4n) is 2.68. The highest BCUT2D eigenvalue weighted by Gasteiger charge is 2.11. The summed E-state index contributed by atoms with van der Waals surface area (Å²) in [5, 5.41) is 16.5. The first-order valence-corrected chi connectivity index (χ1v) is 9.86. The minimum absolute atomic E-state index is 0.0765. The number of carbonyl (C=O) groups is 1. The van der Waals surface area contributed by atoms with Crippen molar-refractivity contribution in [1.82, 2.24) is 24.8 Å². The lowest BCUT2D eigenvalue weighted by Crippen LogP contribution is -2.14. The van der Waals surface area contributed by atoms with Crippen LogP contribution in [0.3, 0.4) is 0 Å². The normalized spacial score (nSPS) is 10.9. The van der Waals surface area contributed by atoms with E-state index in [4.69, 9.17) is 0 Å². The Bertz CT molecular complexity index is 1090. The first-order valence-electron chi connectivity index (χ1n) is 8.87. The molecule has 0 spiro atoms. The Morgan fingerprint density at radius 1 is 1.11 bits per heavy atom. The number of nitrogens with one attached hydrogen (secondary N) is 1. The van der Waals surface area contributed by atoms with Gasteiger partial charge in [0.15, 0.2) is 11.5 Å². The standard InChI is InChI=1S/C20H18N6OS/c1-2-14-5-7-16(8-6-14)22-18(27)13-28-19-10-9-17-23-24-20(26(17)25-19)15-4-3-11-21-12-15/h3-12H,2,13H2,1H3,(H,22,27). The molecule has 0 aliphatic carbocycles. The molecule has 3 aromatic heterocycles. The maximum absolute atomic E-state index is 12.2. The Balaban J connectivity index is 1.45. The third kappa shape index (κ3) is 4.01. The van der Waals surface area contributed by atoms with Crippen molar-refractivity contribution < 1.29 is 4.79 Å². The Labute approximate surface area is 166 Å². The van der Waals surface area contributed by atoms with Crippen molar-refractivity contribution in [3.8, 4) is 11.4 Å². The molecule has 0 fully saturated rings. The average molecular weight is 390 g/mol. The van der Waals surface area contributed by atoms with Gasteiger partial charge in [0.2, 0.25) is 5.91 Å². The summed E-state index contributed by atoms with van der Waals surface area (Å²) >= 11 is 1.36. The van der Waals surface area contributed by atoms with E-state index in [0.29, 0.717) is 16.5 Å². The summed E-state index contributed by atoms with van der Waals surface area (Å²) in [5.74, 6) is 0.802. The van der Waals surface area contributed by atoms with E-state index in [1.54, 1.807) is 16.9 Å². The molecule has 8 heteroatoms. The van der Waals surface area contributed by atoms with E-state index < -0.39 is 0 Å². The monoisotopic (exact) mass is 390 g/mol. The number of carbonyl (C=O) groups excluding carboxylic acids is 1. The number of benzene rings is 1. The molecule has 7 nitrogen and oxygen atoms in total. The minimum atomic E-state index is -0.0765. The van der Waals surface area contributed by atoms with Gasteiger partial charge < -0.3 is 5.32 Å². The number of aryl methyl sites for hydroxylation is 1. The van der Waals surface area contributed by atoms with Gasteiger partial charge in [-0.05, 0) is 48.4 Å². The molecule has 0 saturated carbocycles. The highest BCUT2D eigenvalue weighted by Crippen LogP contribution is 2.20. The van der Waals surface area contributed by atoms with Crippen LogP contribution in [0.15, 0.2) is 66.0 Å². The maximum atomic E-state index is 12.2. The summed E-state index contributed by atoms with van der Waals surface area (Å²) in [7, 11) is 0. The van der Waals surface area contributed by atoms with E-state index in [2.05, 4.69) is 32.5 Å². The molecule has 1 aromatic carbocycles. The predicted molar refractivity (Wildman–Crippen MR) is 109 cm³/mol. The van der Waals surface area contributed by atoms with Gasteiger partial charge in [-0.25, -0.2) is 0 Å². The van der Waals surface area contributed by atoms with E-state index in [1.165, 1.54) is 17.3 Å². The first-order chi connectivity index (χ1) is 13.7. The summed E-state index contributed by atoms with van der Waals surface area (Å²) in [6, 6.07) is 15.3. The zero-order chi connectivity index (χ0) is 19.3. The molecule has 0 unspecified atom stereocenters. The number of hydrogen-bond acceptors (Lipinski definition) is 6. The predicted octanol–water partition coefficient (Wildman–Crippen LogP) is 3.48. The molecule has 0 saturated heterocycles. The van der Waals surface area contributed by atoms with Crippen LogP contribution in [0.1, 0.15) is 12.5 Å². The van der Waals surface area contributed by atoms with Gasteiger partial charge >= 0.3 is 0 Å². The van der Waals surface area contributed by atoms with Crippen molar-refractivity contribution in [1.29, 1.82) is 0 Å². The molecule has 0 atom stereocenters. The SMILES string of the molecule is CCc1ccc(NC(=O)CSc2ccc3nnc(-c4cccnc4)n3n2)cc1. The lowest BCUT2D eigenvalue weighted by molar-refractivity contribution is -0.113. The molecule has 140 valence electrons. The van der Waals surface area contributed by atoms with E-state index >= 15 is 0 Å². The second-order valence-corrected chi connectivity index (χ2v) is 7.09. The van der Waals surface area contributed by atoms with Crippen LogP contribution in [0, 0.1) is 0 Å². The zero-order valence-electron chi connectivity index (χ0n) is 15.2. The number of hydrogen-bond donors (Lipinski definition) is 1. The molecule has 28 heavy (non-hydrogen) atoms. The van der Waals surface area contributed by atoms with Gasteiger partial charge in [-0.1, -0.05) is 30.8 Å². The van der Waals surface area contributed by atoms with Crippen LogP contribution in [0.4, 0.5) is 5.69 Å². The average Bonchev–Trinajstić information content (AvgIpc) is 3.17. The van der Waals surface area contributed by atoms with Crippen molar-refractivity contribution in [2.45, 2.75) is 18.4 Å². The Morgan fingerprint density at radius 3 is 2.71 bits per heavy atom. The second-order valence-electron chi connectivity index (χ2n) is 6.09. The van der Waals surface area contributed by atoms with Crippen LogP contribution in [-0.2, 0) is 11.2 Å². The van der Waals surface area contributed by atoms with Gasteiger partial charge in [0, 0.05) is 23.6 Å². The van der Waals surface area contributed by atoms with Crippen molar-refractivity contribution in [2.75, 3.05) is 11.1 Å². The van der Waals surface area contributed by atoms with Crippen LogP contribution in [0.25, 0.3) is 17.0 Å². The van der Waals surface area contributed by atoms with E-state index in [1.807, 2.05) is 48.5 Å². The first kappa shape index (κ1) is 18.1. The van der Waals surface area contributed by atoms with Crippen LogP contribution in [0.2, 0.25) is 0 Å². The molecule has 0 aliphatic rings. The summed E-state index contributed by atoms with van der Waals surface area (Å²) in [6.07, 6.45) is 4.40. The number of amides is 1. The number of nitrogens with zero attached hydrogens (tertiary/aromatic N) is 5. The molecular formula is C20H18N6OS. The molecule has 0 aliphatic heterocycles. The van der Waals surface area contributed by atoms with Gasteiger partial charge in [-0.3, -0.25) is 9.78 Å². The summed E-state index contributed by atoms with van der Waals surface area (Å²) in [5.41, 5.74) is 3.51. The molecule has 0 radical (unpaired) electrons. The Kier molecular flexibility index (Phi) is 5.29. The highest BCUT2D eigenvalue weighted by atomic mass is 32.2. The fourth-order valence-corrected chi connectivity index (χ4v) is 3.34. The van der Waals surface area contributed by atoms with E-state index in [9.17, 15) is 4.79 Å². The maximum Gasteiger partial charge on any atom is 0.234 e. The summed E-state index contributed by atoms with van der Waals surface area (Å²) in [4.78, 5) is 16.4. The van der Waals surface area contributed by atoms with Crippen LogP contribution in [-0.4, -0.2) is 36.5 Å². The topological polar surface area (TPSA) is 85.1 Å². The van der Waals surface area contributed by atoms with Gasteiger partial charge in [0.1, 0.15) is 5.03 Å². The largest absolute Gasteiger partial charge is 0.325 e. The van der Waals surface area contributed by atoms with Gasteiger partial charge in [-0.15, -0.1) is 10.2 Å². The number of thioether (sulfide) groups is 1. The summed E-state index contributed by atoms with van der Waals surface area (Å²) in [6.45, 7) is 2.10. The quantitative estimate of drug-likeness (QED) is 0.507. The third-order valence-electron chi connectivity index (χ3n) is 4.16. The molecule has 1 N–H and O–H groups in total. The van der Waals surface area contributed by atoms with Crippen molar-refractivity contribution >= 4 is 29.0 Å². The Hall–Kier alpha value is -3.26. The molecule has 3 heterocycles. The zero-order valence-corrected chi connectivity index (χ0v) is 16.1. The van der Waals surface area contributed by atoms with Crippen molar-refractivity contribution in [3.05, 3.63) is 66.5 Å². The number of anilines is 1. The molecule has 1 amide bonds. The smallest absolute Gasteiger partial charge is 0.234 e. The molecule has 4 aromatic rings. The van der Waals surface area contributed by atoms with Gasteiger partial charge in [-0.2, -0.15) is 9.61 Å².